The molecule has 0 aromatic heterocycles. The van der Waals surface area contributed by atoms with Gasteiger partial charge in [0.05, 0.1) is 6.04 Å². The second-order valence-corrected chi connectivity index (χ2v) is 7.17. The maximum absolute atomic E-state index is 12.7. The van der Waals surface area contributed by atoms with Gasteiger partial charge in [0.25, 0.3) is 0 Å². The highest BCUT2D eigenvalue weighted by molar-refractivity contribution is 5.82. The molecule has 0 aromatic carbocycles. The van der Waals surface area contributed by atoms with Crippen molar-refractivity contribution in [3.05, 3.63) is 0 Å². The van der Waals surface area contributed by atoms with Gasteiger partial charge in [-0.2, -0.15) is 0 Å². The molecule has 2 aliphatic rings. The molecule has 2 rings (SSSR count). The van der Waals surface area contributed by atoms with Crippen LogP contribution in [0.4, 0.5) is 0 Å². The van der Waals surface area contributed by atoms with Gasteiger partial charge in [0.2, 0.25) is 5.91 Å². The average molecular weight is 281 g/mol. The maximum Gasteiger partial charge on any atom is 0.240 e. The normalized spacial score (nSPS) is 28.8. The molecule has 0 saturated heterocycles. The summed E-state index contributed by atoms with van der Waals surface area (Å²) in [5.74, 6) is 0.415. The molecule has 2 aliphatic carbocycles. The summed E-state index contributed by atoms with van der Waals surface area (Å²) >= 11 is 0. The Morgan fingerprint density at radius 3 is 1.70 bits per heavy atom. The fourth-order valence-electron chi connectivity index (χ4n) is 3.32. The van der Waals surface area contributed by atoms with Gasteiger partial charge in [0.1, 0.15) is 0 Å². The predicted octanol–water partition coefficient (Wildman–Crippen LogP) is 1.83. The first kappa shape index (κ1) is 15.8. The van der Waals surface area contributed by atoms with Crippen LogP contribution in [0.1, 0.15) is 52.4 Å². The van der Waals surface area contributed by atoms with Gasteiger partial charge < -0.3 is 15.5 Å². The van der Waals surface area contributed by atoms with E-state index in [-0.39, 0.29) is 17.9 Å². The molecule has 0 spiro atoms. The lowest BCUT2D eigenvalue weighted by molar-refractivity contribution is -0.137. The van der Waals surface area contributed by atoms with Gasteiger partial charge >= 0.3 is 0 Å². The Bertz CT molecular complexity index is 331. The minimum absolute atomic E-state index is 0.191. The topological polar surface area (TPSA) is 49.6 Å². The van der Waals surface area contributed by atoms with E-state index in [0.717, 1.165) is 12.8 Å². The van der Waals surface area contributed by atoms with E-state index in [4.69, 9.17) is 5.73 Å². The zero-order chi connectivity index (χ0) is 14.9. The van der Waals surface area contributed by atoms with Crippen molar-refractivity contribution in [2.75, 3.05) is 14.1 Å². The van der Waals surface area contributed by atoms with Crippen molar-refractivity contribution >= 4 is 5.91 Å². The summed E-state index contributed by atoms with van der Waals surface area (Å²) < 4.78 is 0. The van der Waals surface area contributed by atoms with Gasteiger partial charge in [0.15, 0.2) is 0 Å². The molecule has 0 aromatic rings. The van der Waals surface area contributed by atoms with Crippen LogP contribution < -0.4 is 5.73 Å². The van der Waals surface area contributed by atoms with Gasteiger partial charge in [-0.25, -0.2) is 0 Å². The zero-order valence-corrected chi connectivity index (χ0v) is 13.5. The molecule has 2 fully saturated rings. The third-order valence-corrected chi connectivity index (χ3v) is 4.99. The summed E-state index contributed by atoms with van der Waals surface area (Å²) in [7, 11) is 4.31. The minimum atomic E-state index is -0.331. The first-order chi connectivity index (χ1) is 9.41. The van der Waals surface area contributed by atoms with Crippen LogP contribution in [-0.2, 0) is 4.79 Å². The van der Waals surface area contributed by atoms with Crippen molar-refractivity contribution in [1.82, 2.24) is 9.80 Å². The summed E-state index contributed by atoms with van der Waals surface area (Å²) in [5.41, 5.74) is 6.11. The molecule has 1 amide bonds. The zero-order valence-electron chi connectivity index (χ0n) is 13.5. The second-order valence-electron chi connectivity index (χ2n) is 7.17. The molecule has 1 atom stereocenters. The summed E-state index contributed by atoms with van der Waals surface area (Å²) in [4.78, 5) is 17.2. The van der Waals surface area contributed by atoms with Crippen LogP contribution in [0.5, 0.6) is 0 Å². The van der Waals surface area contributed by atoms with Gasteiger partial charge in [-0.3, -0.25) is 4.79 Å². The van der Waals surface area contributed by atoms with Crippen molar-refractivity contribution in [2.24, 2.45) is 11.7 Å². The van der Waals surface area contributed by atoms with E-state index in [1.165, 1.54) is 25.7 Å². The standard InChI is InChI=1S/C16H31N3O/c1-11(2)15(17)16(20)19(14-9-10-14)13-7-5-12(6-8-13)18(3)4/h11-15H,5-10,17H2,1-4H3. The van der Waals surface area contributed by atoms with Gasteiger partial charge in [0, 0.05) is 18.1 Å². The van der Waals surface area contributed by atoms with Crippen LogP contribution in [0.15, 0.2) is 0 Å². The van der Waals surface area contributed by atoms with E-state index < -0.39 is 0 Å². The molecular formula is C16H31N3O. The Labute approximate surface area is 123 Å². The number of rotatable bonds is 5. The number of nitrogens with zero attached hydrogens (tertiary/aromatic N) is 2. The lowest BCUT2D eigenvalue weighted by Crippen LogP contribution is -2.53. The Balaban J connectivity index is 1.98. The fourth-order valence-corrected chi connectivity index (χ4v) is 3.32. The monoisotopic (exact) mass is 281 g/mol. The first-order valence-corrected chi connectivity index (χ1v) is 8.16. The van der Waals surface area contributed by atoms with E-state index in [2.05, 4.69) is 23.9 Å². The molecule has 0 bridgehead atoms. The largest absolute Gasteiger partial charge is 0.335 e. The number of carbonyl (C=O) groups excluding carboxylic acids is 1. The van der Waals surface area contributed by atoms with Crippen molar-refractivity contribution in [3.63, 3.8) is 0 Å². The molecule has 0 radical (unpaired) electrons. The van der Waals surface area contributed by atoms with E-state index in [0.29, 0.717) is 18.1 Å². The second kappa shape index (κ2) is 6.44. The molecule has 4 nitrogen and oxygen atoms in total. The van der Waals surface area contributed by atoms with E-state index in [9.17, 15) is 4.79 Å². The third kappa shape index (κ3) is 3.53. The lowest BCUT2D eigenvalue weighted by atomic mass is 9.88. The van der Waals surface area contributed by atoms with E-state index in [1.54, 1.807) is 0 Å². The number of amides is 1. The summed E-state index contributed by atoms with van der Waals surface area (Å²) in [5, 5.41) is 0. The Kier molecular flexibility index (Phi) is 5.08. The highest BCUT2D eigenvalue weighted by Crippen LogP contribution is 2.35. The van der Waals surface area contributed by atoms with Crippen molar-refractivity contribution in [3.8, 4) is 0 Å². The quantitative estimate of drug-likeness (QED) is 0.836. The predicted molar refractivity (Wildman–Crippen MR) is 82.4 cm³/mol. The lowest BCUT2D eigenvalue weighted by Gasteiger charge is -2.40. The molecule has 1 unspecified atom stereocenters. The van der Waals surface area contributed by atoms with Crippen LogP contribution in [0.3, 0.4) is 0 Å². The SMILES string of the molecule is CC(C)C(N)C(=O)N(C1CCC(N(C)C)CC1)C1CC1. The smallest absolute Gasteiger partial charge is 0.240 e. The van der Waals surface area contributed by atoms with Gasteiger partial charge in [-0.1, -0.05) is 13.8 Å². The van der Waals surface area contributed by atoms with Crippen LogP contribution in [0.25, 0.3) is 0 Å². The van der Waals surface area contributed by atoms with Crippen LogP contribution in [-0.4, -0.2) is 54.0 Å². The highest BCUT2D eigenvalue weighted by Gasteiger charge is 2.40. The fraction of sp³-hybridized carbons (Fsp3) is 0.938. The number of hydrogen-bond donors (Lipinski definition) is 1. The number of carbonyl (C=O) groups is 1. The summed E-state index contributed by atoms with van der Waals surface area (Å²) in [6, 6.07) is 1.26. The minimum Gasteiger partial charge on any atom is -0.335 e. The van der Waals surface area contributed by atoms with Gasteiger partial charge in [-0.05, 0) is 58.5 Å². The number of nitrogens with two attached hydrogens (primary N) is 1. The molecule has 20 heavy (non-hydrogen) atoms. The number of hydrogen-bond acceptors (Lipinski definition) is 3. The molecule has 2 saturated carbocycles. The Hall–Kier alpha value is -0.610. The molecule has 4 heteroatoms. The molecular weight excluding hydrogens is 250 g/mol. The summed E-state index contributed by atoms with van der Waals surface area (Å²) in [6.45, 7) is 4.08. The molecule has 2 N–H and O–H groups in total. The van der Waals surface area contributed by atoms with E-state index >= 15 is 0 Å². The highest BCUT2D eigenvalue weighted by atomic mass is 16.2. The van der Waals surface area contributed by atoms with Crippen molar-refractivity contribution < 1.29 is 4.79 Å². The summed E-state index contributed by atoms with van der Waals surface area (Å²) in [6.07, 6.45) is 7.01. The maximum atomic E-state index is 12.7. The average Bonchev–Trinajstić information content (AvgIpc) is 3.23. The van der Waals surface area contributed by atoms with Crippen molar-refractivity contribution in [1.29, 1.82) is 0 Å². The Morgan fingerprint density at radius 1 is 0.950 bits per heavy atom. The Morgan fingerprint density at radius 2 is 1.35 bits per heavy atom. The van der Waals surface area contributed by atoms with Crippen LogP contribution in [0.2, 0.25) is 0 Å². The molecule has 116 valence electrons. The first-order valence-electron chi connectivity index (χ1n) is 8.16. The van der Waals surface area contributed by atoms with E-state index in [1.807, 2.05) is 13.8 Å². The third-order valence-electron chi connectivity index (χ3n) is 4.99. The van der Waals surface area contributed by atoms with Crippen molar-refractivity contribution in [2.45, 2.75) is 76.5 Å². The van der Waals surface area contributed by atoms with Gasteiger partial charge in [-0.15, -0.1) is 0 Å². The van der Waals surface area contributed by atoms with Crippen LogP contribution in [0, 0.1) is 5.92 Å². The van der Waals surface area contributed by atoms with Crippen LogP contribution >= 0.6 is 0 Å². The molecule has 0 aliphatic heterocycles. The molecule has 0 heterocycles.